The first-order valence-electron chi connectivity index (χ1n) is 7.87. The quantitative estimate of drug-likeness (QED) is 0.452. The van der Waals surface area contributed by atoms with Crippen LogP contribution < -0.4 is 0 Å². The van der Waals surface area contributed by atoms with E-state index in [0.29, 0.717) is 16.7 Å². The number of hydrogen-bond donors (Lipinski definition) is 0. The van der Waals surface area contributed by atoms with Crippen molar-refractivity contribution in [3.05, 3.63) is 71.3 Å². The fourth-order valence-electron chi connectivity index (χ4n) is 2.89. The SMILES string of the molecule is O=C(CC(c1ccccc1)N1C(=O)c2ccccc2C1=O)OCCCl. The molecule has 0 N–H and O–H groups in total. The highest BCUT2D eigenvalue weighted by Gasteiger charge is 2.41. The zero-order valence-corrected chi connectivity index (χ0v) is 14.1. The Hall–Kier alpha value is -2.66. The molecule has 6 heteroatoms. The van der Waals surface area contributed by atoms with E-state index in [2.05, 4.69) is 0 Å². The number of alkyl halides is 1. The van der Waals surface area contributed by atoms with Crippen LogP contribution >= 0.6 is 11.6 Å². The average Bonchev–Trinajstić information content (AvgIpc) is 2.90. The van der Waals surface area contributed by atoms with Crippen molar-refractivity contribution in [3.63, 3.8) is 0 Å². The van der Waals surface area contributed by atoms with E-state index in [1.807, 2.05) is 6.07 Å². The summed E-state index contributed by atoms with van der Waals surface area (Å²) in [7, 11) is 0. The third kappa shape index (κ3) is 3.42. The molecule has 1 aliphatic heterocycles. The Bertz CT molecular complexity index is 771. The van der Waals surface area contributed by atoms with Gasteiger partial charge in [0.25, 0.3) is 11.8 Å². The lowest BCUT2D eigenvalue weighted by atomic mass is 10.0. The topological polar surface area (TPSA) is 63.7 Å². The minimum Gasteiger partial charge on any atom is -0.464 e. The molecule has 0 aliphatic carbocycles. The molecule has 0 fully saturated rings. The molecule has 0 spiro atoms. The average molecular weight is 358 g/mol. The summed E-state index contributed by atoms with van der Waals surface area (Å²) in [6.45, 7) is 0.0873. The number of benzene rings is 2. The molecule has 2 aromatic rings. The molecular formula is C19H16ClNO4. The van der Waals surface area contributed by atoms with Crippen LogP contribution in [0.25, 0.3) is 0 Å². The van der Waals surface area contributed by atoms with Crippen molar-refractivity contribution in [2.45, 2.75) is 12.5 Å². The third-order valence-corrected chi connectivity index (χ3v) is 4.18. The van der Waals surface area contributed by atoms with Crippen LogP contribution in [0, 0.1) is 0 Å². The summed E-state index contributed by atoms with van der Waals surface area (Å²) in [5, 5.41) is 0. The van der Waals surface area contributed by atoms with Gasteiger partial charge in [-0.25, -0.2) is 0 Å². The number of ether oxygens (including phenoxy) is 1. The number of fused-ring (bicyclic) bond motifs is 1. The summed E-state index contributed by atoms with van der Waals surface area (Å²) >= 11 is 5.54. The van der Waals surface area contributed by atoms with Gasteiger partial charge in [0, 0.05) is 0 Å². The summed E-state index contributed by atoms with van der Waals surface area (Å²) < 4.78 is 5.03. The van der Waals surface area contributed by atoms with Gasteiger partial charge in [0.15, 0.2) is 0 Å². The standard InChI is InChI=1S/C19H16ClNO4/c20-10-11-25-17(22)12-16(13-6-2-1-3-7-13)21-18(23)14-8-4-5-9-15(14)19(21)24/h1-9,16H,10-12H2. The van der Waals surface area contributed by atoms with Gasteiger partial charge in [0.2, 0.25) is 0 Å². The predicted molar refractivity (Wildman–Crippen MR) is 92.4 cm³/mol. The van der Waals surface area contributed by atoms with Gasteiger partial charge < -0.3 is 4.74 Å². The zero-order chi connectivity index (χ0) is 17.8. The summed E-state index contributed by atoms with van der Waals surface area (Å²) in [6, 6.07) is 14.9. The Morgan fingerprint density at radius 1 is 0.960 bits per heavy atom. The molecule has 5 nitrogen and oxygen atoms in total. The lowest BCUT2D eigenvalue weighted by Gasteiger charge is -2.26. The maximum atomic E-state index is 12.7. The monoisotopic (exact) mass is 357 g/mol. The summed E-state index contributed by atoms with van der Waals surface area (Å²) in [5.41, 5.74) is 1.39. The van der Waals surface area contributed by atoms with Gasteiger partial charge in [-0.3, -0.25) is 19.3 Å². The number of nitrogens with zero attached hydrogens (tertiary/aromatic N) is 1. The highest BCUT2D eigenvalue weighted by atomic mass is 35.5. The molecule has 128 valence electrons. The van der Waals surface area contributed by atoms with Crippen LogP contribution in [-0.4, -0.2) is 35.2 Å². The molecule has 1 unspecified atom stereocenters. The Balaban J connectivity index is 1.94. The second-order valence-corrected chi connectivity index (χ2v) is 5.94. The van der Waals surface area contributed by atoms with Crippen LogP contribution in [0.4, 0.5) is 0 Å². The molecule has 0 radical (unpaired) electrons. The molecule has 0 saturated carbocycles. The van der Waals surface area contributed by atoms with E-state index in [4.69, 9.17) is 16.3 Å². The fourth-order valence-corrected chi connectivity index (χ4v) is 2.97. The Morgan fingerprint density at radius 3 is 2.08 bits per heavy atom. The minimum absolute atomic E-state index is 0.0873. The largest absolute Gasteiger partial charge is 0.464 e. The molecule has 2 amide bonds. The van der Waals surface area contributed by atoms with E-state index in [1.165, 1.54) is 0 Å². The normalized spacial score (nSPS) is 14.4. The summed E-state index contributed by atoms with van der Waals surface area (Å²) in [4.78, 5) is 38.7. The van der Waals surface area contributed by atoms with Crippen LogP contribution in [0.15, 0.2) is 54.6 Å². The van der Waals surface area contributed by atoms with Crippen molar-refractivity contribution in [2.75, 3.05) is 12.5 Å². The van der Waals surface area contributed by atoms with Crippen molar-refractivity contribution in [1.29, 1.82) is 0 Å². The van der Waals surface area contributed by atoms with Crippen molar-refractivity contribution in [3.8, 4) is 0 Å². The molecule has 0 aromatic heterocycles. The predicted octanol–water partition coefficient (Wildman–Crippen LogP) is 3.20. The second kappa shape index (κ2) is 7.49. The van der Waals surface area contributed by atoms with Gasteiger partial charge in [-0.1, -0.05) is 42.5 Å². The maximum Gasteiger partial charge on any atom is 0.308 e. The first-order valence-corrected chi connectivity index (χ1v) is 8.40. The van der Waals surface area contributed by atoms with Crippen LogP contribution in [-0.2, 0) is 9.53 Å². The van der Waals surface area contributed by atoms with E-state index in [1.54, 1.807) is 48.5 Å². The van der Waals surface area contributed by atoms with Crippen LogP contribution in [0.5, 0.6) is 0 Å². The summed E-state index contributed by atoms with van der Waals surface area (Å²) in [6.07, 6.45) is -0.119. The number of esters is 1. The smallest absolute Gasteiger partial charge is 0.308 e. The highest BCUT2D eigenvalue weighted by Crippen LogP contribution is 2.33. The molecule has 0 saturated heterocycles. The van der Waals surface area contributed by atoms with Gasteiger partial charge >= 0.3 is 5.97 Å². The Morgan fingerprint density at radius 2 is 1.52 bits per heavy atom. The second-order valence-electron chi connectivity index (χ2n) is 5.57. The van der Waals surface area contributed by atoms with E-state index in [0.717, 1.165) is 4.90 Å². The molecule has 1 aliphatic rings. The first-order chi connectivity index (χ1) is 12.1. The van der Waals surface area contributed by atoms with E-state index in [-0.39, 0.29) is 18.9 Å². The lowest BCUT2D eigenvalue weighted by molar-refractivity contribution is -0.144. The maximum absolute atomic E-state index is 12.7. The molecule has 1 heterocycles. The molecule has 1 atom stereocenters. The summed E-state index contributed by atoms with van der Waals surface area (Å²) in [5.74, 6) is -1.13. The van der Waals surface area contributed by atoms with Crippen LogP contribution in [0.3, 0.4) is 0 Å². The van der Waals surface area contributed by atoms with Crippen LogP contribution in [0.2, 0.25) is 0 Å². The number of rotatable bonds is 6. The zero-order valence-electron chi connectivity index (χ0n) is 13.4. The van der Waals surface area contributed by atoms with Gasteiger partial charge in [0.1, 0.15) is 6.61 Å². The Kier molecular flexibility index (Phi) is 5.14. The minimum atomic E-state index is -0.726. The molecule has 25 heavy (non-hydrogen) atoms. The number of amides is 2. The van der Waals surface area contributed by atoms with Gasteiger partial charge in [-0.2, -0.15) is 0 Å². The number of carbonyl (C=O) groups is 3. The number of carbonyl (C=O) groups excluding carboxylic acids is 3. The van der Waals surface area contributed by atoms with E-state index in [9.17, 15) is 14.4 Å². The van der Waals surface area contributed by atoms with Crippen molar-refractivity contribution in [1.82, 2.24) is 4.90 Å². The first kappa shape index (κ1) is 17.2. The molecular weight excluding hydrogens is 342 g/mol. The van der Waals surface area contributed by atoms with Gasteiger partial charge in [-0.05, 0) is 17.7 Å². The van der Waals surface area contributed by atoms with E-state index < -0.39 is 23.8 Å². The molecule has 2 aromatic carbocycles. The van der Waals surface area contributed by atoms with Gasteiger partial charge in [-0.15, -0.1) is 11.6 Å². The van der Waals surface area contributed by atoms with Crippen molar-refractivity contribution >= 4 is 29.4 Å². The van der Waals surface area contributed by atoms with Crippen molar-refractivity contribution in [2.24, 2.45) is 0 Å². The number of halogens is 1. The molecule has 0 bridgehead atoms. The lowest BCUT2D eigenvalue weighted by Crippen LogP contribution is -2.35. The number of imide groups is 1. The van der Waals surface area contributed by atoms with E-state index >= 15 is 0 Å². The number of hydrogen-bond acceptors (Lipinski definition) is 4. The third-order valence-electron chi connectivity index (χ3n) is 4.02. The van der Waals surface area contributed by atoms with Gasteiger partial charge in [0.05, 0.1) is 29.5 Å². The fraction of sp³-hybridized carbons (Fsp3) is 0.211. The highest BCUT2D eigenvalue weighted by molar-refractivity contribution is 6.21. The molecule has 3 rings (SSSR count). The van der Waals surface area contributed by atoms with Crippen LogP contribution in [0.1, 0.15) is 38.7 Å². The Labute approximate surface area is 150 Å². The van der Waals surface area contributed by atoms with Crippen molar-refractivity contribution < 1.29 is 19.1 Å².